The van der Waals surface area contributed by atoms with Gasteiger partial charge in [0.15, 0.2) is 0 Å². The van der Waals surface area contributed by atoms with E-state index in [1.165, 1.54) is 0 Å². The summed E-state index contributed by atoms with van der Waals surface area (Å²) in [6, 6.07) is 0. The largest absolute Gasteiger partial charge is 0.456 e. The second-order valence-corrected chi connectivity index (χ2v) is 2.39. The zero-order chi connectivity index (χ0) is 8.27. The van der Waals surface area contributed by atoms with Crippen LogP contribution >= 0.6 is 0 Å². The Balaban J connectivity index is 2.58. The van der Waals surface area contributed by atoms with Gasteiger partial charge in [0.25, 0.3) is 0 Å². The van der Waals surface area contributed by atoms with Gasteiger partial charge in [-0.3, -0.25) is 4.68 Å². The van der Waals surface area contributed by atoms with Crippen molar-refractivity contribution in [3.8, 4) is 0 Å². The topological polar surface area (TPSA) is 58.3 Å². The fourth-order valence-corrected chi connectivity index (χ4v) is 0.896. The summed E-state index contributed by atoms with van der Waals surface area (Å²) in [6.45, 7) is 2.79. The molecule has 0 saturated heterocycles. The Hall–Kier alpha value is -0.805. The van der Waals surface area contributed by atoms with E-state index in [0.717, 1.165) is 12.1 Å². The Kier molecular flexibility index (Phi) is 2.67. The molecular weight excluding hydrogens is 143 g/mol. The fraction of sp³-hybridized carbons (Fsp3) is 0.500. The van der Waals surface area contributed by atoms with E-state index in [1.807, 2.05) is 6.92 Å². The van der Waals surface area contributed by atoms with Gasteiger partial charge in [-0.25, -0.2) is 0 Å². The zero-order valence-electron chi connectivity index (χ0n) is 6.44. The summed E-state index contributed by atoms with van der Waals surface area (Å²) in [4.78, 5) is 0. The molecule has 0 aliphatic rings. The molecule has 0 bridgehead atoms. The van der Waals surface area contributed by atoms with E-state index in [4.69, 9.17) is 10.0 Å². The van der Waals surface area contributed by atoms with Crippen LogP contribution in [0.4, 0.5) is 0 Å². The molecule has 0 spiro atoms. The number of aromatic nitrogens is 2. The molecule has 0 aliphatic heterocycles. The number of rotatable bonds is 3. The maximum Gasteiger partial charge on any atom is 0.456 e. The van der Waals surface area contributed by atoms with Crippen LogP contribution in [0.1, 0.15) is 12.5 Å². The van der Waals surface area contributed by atoms with Crippen molar-refractivity contribution in [2.75, 3.05) is 0 Å². The maximum atomic E-state index is 8.61. The Bertz CT molecular complexity index is 224. The number of hydrogen-bond donors (Lipinski definition) is 2. The van der Waals surface area contributed by atoms with E-state index in [2.05, 4.69) is 5.10 Å². The van der Waals surface area contributed by atoms with Crippen molar-refractivity contribution in [1.29, 1.82) is 0 Å². The van der Waals surface area contributed by atoms with Gasteiger partial charge in [-0.05, 0) is 12.5 Å². The Morgan fingerprint density at radius 2 is 2.36 bits per heavy atom. The van der Waals surface area contributed by atoms with Gasteiger partial charge in [-0.2, -0.15) is 5.10 Å². The molecule has 0 amide bonds. The van der Waals surface area contributed by atoms with Gasteiger partial charge in [0.2, 0.25) is 0 Å². The Morgan fingerprint density at radius 1 is 1.64 bits per heavy atom. The number of hydrogen-bond acceptors (Lipinski definition) is 3. The third kappa shape index (κ3) is 2.36. The van der Waals surface area contributed by atoms with Crippen molar-refractivity contribution in [3.63, 3.8) is 0 Å². The lowest BCUT2D eigenvalue weighted by Crippen LogP contribution is -2.14. The molecule has 2 N–H and O–H groups in total. The first-order chi connectivity index (χ1) is 5.22. The van der Waals surface area contributed by atoms with E-state index in [0.29, 0.717) is 0 Å². The molecule has 0 atom stereocenters. The minimum atomic E-state index is -1.27. The van der Waals surface area contributed by atoms with Crippen LogP contribution in [-0.2, 0) is 12.9 Å². The molecule has 1 heterocycles. The lowest BCUT2D eigenvalue weighted by atomic mass is 9.83. The normalized spacial score (nSPS) is 10.1. The minimum absolute atomic E-state index is 0.250. The van der Waals surface area contributed by atoms with Gasteiger partial charge in [-0.15, -0.1) is 0 Å². The van der Waals surface area contributed by atoms with Crippen molar-refractivity contribution >= 4 is 7.12 Å². The molecular formula is C6H11BN2O2. The Labute approximate surface area is 65.6 Å². The van der Waals surface area contributed by atoms with Crippen LogP contribution in [0.5, 0.6) is 0 Å². The first kappa shape index (κ1) is 8.29. The van der Waals surface area contributed by atoms with Gasteiger partial charge in [0, 0.05) is 19.1 Å². The summed E-state index contributed by atoms with van der Waals surface area (Å²) in [6.07, 6.45) is 3.70. The molecule has 1 aromatic heterocycles. The Morgan fingerprint density at radius 3 is 2.82 bits per heavy atom. The molecule has 4 nitrogen and oxygen atoms in total. The summed E-state index contributed by atoms with van der Waals surface area (Å²) in [5.41, 5.74) is 0.849. The third-order valence-corrected chi connectivity index (χ3v) is 1.43. The highest BCUT2D eigenvalue weighted by atomic mass is 16.4. The summed E-state index contributed by atoms with van der Waals surface area (Å²) < 4.78 is 1.75. The fourth-order valence-electron chi connectivity index (χ4n) is 0.896. The number of aryl methyl sites for hydroxylation is 1. The van der Waals surface area contributed by atoms with Crippen LogP contribution in [0.15, 0.2) is 12.4 Å². The number of nitrogens with zero attached hydrogens (tertiary/aromatic N) is 2. The second-order valence-electron chi connectivity index (χ2n) is 2.39. The van der Waals surface area contributed by atoms with Crippen LogP contribution in [0.2, 0.25) is 0 Å². The lowest BCUT2D eigenvalue weighted by molar-refractivity contribution is 0.405. The first-order valence-electron chi connectivity index (χ1n) is 3.60. The first-order valence-corrected chi connectivity index (χ1v) is 3.60. The highest BCUT2D eigenvalue weighted by Gasteiger charge is 2.08. The summed E-state index contributed by atoms with van der Waals surface area (Å²) in [5, 5.41) is 21.2. The standard InChI is InChI=1S/C6H11BN2O2/c1-2-9-5-6(4-8-9)3-7(10)11/h4-5,10-11H,2-3H2,1H3. The second kappa shape index (κ2) is 3.55. The lowest BCUT2D eigenvalue weighted by Gasteiger charge is -1.93. The smallest absolute Gasteiger partial charge is 0.427 e. The van der Waals surface area contributed by atoms with Crippen molar-refractivity contribution in [2.45, 2.75) is 19.8 Å². The molecule has 0 saturated carbocycles. The van der Waals surface area contributed by atoms with Crippen LogP contribution in [0.3, 0.4) is 0 Å². The highest BCUT2D eigenvalue weighted by Crippen LogP contribution is 1.98. The van der Waals surface area contributed by atoms with Crippen LogP contribution in [-0.4, -0.2) is 26.9 Å². The zero-order valence-corrected chi connectivity index (χ0v) is 6.44. The average molecular weight is 154 g/mol. The SMILES string of the molecule is CCn1cc(CB(O)O)cn1. The molecule has 0 aromatic carbocycles. The van der Waals surface area contributed by atoms with Crippen molar-refractivity contribution in [3.05, 3.63) is 18.0 Å². The molecule has 0 fully saturated rings. The average Bonchev–Trinajstić information content (AvgIpc) is 2.34. The molecule has 5 heteroatoms. The van der Waals surface area contributed by atoms with E-state index >= 15 is 0 Å². The summed E-state index contributed by atoms with van der Waals surface area (Å²) >= 11 is 0. The van der Waals surface area contributed by atoms with E-state index < -0.39 is 7.12 Å². The van der Waals surface area contributed by atoms with E-state index in [-0.39, 0.29) is 6.32 Å². The van der Waals surface area contributed by atoms with Crippen molar-refractivity contribution in [1.82, 2.24) is 9.78 Å². The summed E-state index contributed by atoms with van der Waals surface area (Å²) in [5.74, 6) is 0. The van der Waals surface area contributed by atoms with Gasteiger partial charge in [0.05, 0.1) is 6.20 Å². The molecule has 0 radical (unpaired) electrons. The van der Waals surface area contributed by atoms with Crippen LogP contribution in [0.25, 0.3) is 0 Å². The van der Waals surface area contributed by atoms with Crippen LogP contribution in [0, 0.1) is 0 Å². The predicted molar refractivity (Wildman–Crippen MR) is 41.8 cm³/mol. The van der Waals surface area contributed by atoms with Crippen molar-refractivity contribution in [2.24, 2.45) is 0 Å². The monoisotopic (exact) mass is 154 g/mol. The summed E-state index contributed by atoms with van der Waals surface area (Å²) in [7, 11) is -1.27. The van der Waals surface area contributed by atoms with Gasteiger partial charge in [0.1, 0.15) is 0 Å². The van der Waals surface area contributed by atoms with Gasteiger partial charge in [-0.1, -0.05) is 0 Å². The molecule has 11 heavy (non-hydrogen) atoms. The minimum Gasteiger partial charge on any atom is -0.427 e. The molecule has 0 aliphatic carbocycles. The molecule has 1 aromatic rings. The quantitative estimate of drug-likeness (QED) is 0.574. The van der Waals surface area contributed by atoms with E-state index in [9.17, 15) is 0 Å². The molecule has 1 rings (SSSR count). The van der Waals surface area contributed by atoms with Crippen LogP contribution < -0.4 is 0 Å². The van der Waals surface area contributed by atoms with E-state index in [1.54, 1.807) is 17.1 Å². The maximum absolute atomic E-state index is 8.61. The third-order valence-electron chi connectivity index (χ3n) is 1.43. The molecule has 0 unspecified atom stereocenters. The van der Waals surface area contributed by atoms with Crippen molar-refractivity contribution < 1.29 is 10.0 Å². The van der Waals surface area contributed by atoms with Gasteiger partial charge < -0.3 is 10.0 Å². The predicted octanol–water partition coefficient (Wildman–Crippen LogP) is -0.543. The highest BCUT2D eigenvalue weighted by molar-refractivity contribution is 6.40. The van der Waals surface area contributed by atoms with Gasteiger partial charge >= 0.3 is 7.12 Å². The molecule has 60 valence electrons.